The lowest BCUT2D eigenvalue weighted by Crippen LogP contribution is -2.23. The molecule has 1 aliphatic heterocycles. The first-order valence-electron chi connectivity index (χ1n) is 6.94. The minimum absolute atomic E-state index is 0.00590. The van der Waals surface area contributed by atoms with Crippen LogP contribution >= 0.6 is 15.9 Å². The van der Waals surface area contributed by atoms with Crippen molar-refractivity contribution >= 4 is 21.8 Å². The van der Waals surface area contributed by atoms with E-state index in [0.717, 1.165) is 0 Å². The van der Waals surface area contributed by atoms with Crippen LogP contribution < -0.4 is 19.5 Å². The van der Waals surface area contributed by atoms with Crippen LogP contribution in [-0.2, 0) is 6.54 Å². The summed E-state index contributed by atoms with van der Waals surface area (Å²) in [4.78, 5) is 12.3. The lowest BCUT2D eigenvalue weighted by molar-refractivity contribution is -0.0504. The first-order chi connectivity index (χ1) is 11.5. The van der Waals surface area contributed by atoms with Gasteiger partial charge in [-0.1, -0.05) is 22.0 Å². The summed E-state index contributed by atoms with van der Waals surface area (Å²) >= 11 is 3.26. The van der Waals surface area contributed by atoms with Crippen LogP contribution in [0.1, 0.15) is 15.9 Å². The van der Waals surface area contributed by atoms with E-state index in [1.165, 1.54) is 6.07 Å². The highest BCUT2D eigenvalue weighted by molar-refractivity contribution is 9.10. The van der Waals surface area contributed by atoms with Crippen LogP contribution in [0.15, 0.2) is 40.9 Å². The van der Waals surface area contributed by atoms with Crippen molar-refractivity contribution in [2.75, 3.05) is 6.79 Å². The fourth-order valence-electron chi connectivity index (χ4n) is 2.28. The minimum Gasteiger partial charge on any atom is -0.454 e. The second-order valence-corrected chi connectivity index (χ2v) is 5.77. The predicted molar refractivity (Wildman–Crippen MR) is 84.5 cm³/mol. The molecule has 5 nitrogen and oxygen atoms in total. The molecule has 0 saturated heterocycles. The largest absolute Gasteiger partial charge is 0.454 e. The highest BCUT2D eigenvalue weighted by Gasteiger charge is 2.22. The topological polar surface area (TPSA) is 56.8 Å². The Bertz CT molecular complexity index is 770. The molecule has 0 bridgehead atoms. The van der Waals surface area contributed by atoms with E-state index >= 15 is 0 Å². The summed E-state index contributed by atoms with van der Waals surface area (Å²) in [5, 5.41) is 2.67. The molecule has 1 N–H and O–H groups in total. The number of nitrogens with one attached hydrogen (secondary N) is 1. The fraction of sp³-hybridized carbons (Fsp3) is 0.188. The number of halogens is 3. The lowest BCUT2D eigenvalue weighted by Gasteiger charge is -2.12. The second-order valence-electron chi connectivity index (χ2n) is 4.85. The smallest absolute Gasteiger partial charge is 0.387 e. The molecule has 8 heteroatoms. The lowest BCUT2D eigenvalue weighted by atomic mass is 10.1. The molecule has 0 aromatic heterocycles. The Kier molecular flexibility index (Phi) is 4.84. The van der Waals surface area contributed by atoms with Crippen LogP contribution in [0.25, 0.3) is 0 Å². The maximum atomic E-state index is 12.5. The number of benzene rings is 2. The van der Waals surface area contributed by atoms with E-state index in [1.807, 2.05) is 0 Å². The first kappa shape index (κ1) is 16.5. The Morgan fingerprint density at radius 1 is 1.29 bits per heavy atom. The van der Waals surface area contributed by atoms with E-state index in [1.54, 1.807) is 30.3 Å². The molecule has 2 aromatic carbocycles. The monoisotopic (exact) mass is 399 g/mol. The Morgan fingerprint density at radius 3 is 2.92 bits per heavy atom. The molecule has 0 saturated carbocycles. The zero-order chi connectivity index (χ0) is 17.1. The molecular weight excluding hydrogens is 388 g/mol. The molecule has 0 aliphatic carbocycles. The Labute approximate surface area is 144 Å². The second kappa shape index (κ2) is 7.04. The number of fused-ring (bicyclic) bond motifs is 1. The van der Waals surface area contributed by atoms with E-state index in [9.17, 15) is 13.6 Å². The molecule has 1 aliphatic rings. The van der Waals surface area contributed by atoms with Crippen molar-refractivity contribution in [1.29, 1.82) is 0 Å². The summed E-state index contributed by atoms with van der Waals surface area (Å²) in [7, 11) is 0. The van der Waals surface area contributed by atoms with Crippen LogP contribution in [0.5, 0.6) is 17.2 Å². The molecule has 0 spiro atoms. The van der Waals surface area contributed by atoms with Gasteiger partial charge in [0, 0.05) is 16.6 Å². The first-order valence-corrected chi connectivity index (χ1v) is 7.74. The standard InChI is InChI=1S/C16H12BrF2NO4/c17-10-4-5-12(24-16(18)19)9(6-10)7-20-15(21)11-2-1-3-13-14(11)23-8-22-13/h1-6,16H,7-8H2,(H,20,21). The number of carbonyl (C=O) groups excluding carboxylic acids is 1. The van der Waals surface area contributed by atoms with E-state index in [4.69, 9.17) is 9.47 Å². The van der Waals surface area contributed by atoms with Gasteiger partial charge in [-0.05, 0) is 30.3 Å². The molecule has 2 aromatic rings. The van der Waals surface area contributed by atoms with E-state index < -0.39 is 12.5 Å². The quantitative estimate of drug-likeness (QED) is 0.832. The average molecular weight is 400 g/mol. The van der Waals surface area contributed by atoms with Crippen LogP contribution in [0.4, 0.5) is 8.78 Å². The van der Waals surface area contributed by atoms with Gasteiger partial charge in [0.1, 0.15) is 5.75 Å². The van der Waals surface area contributed by atoms with Crippen LogP contribution in [0.3, 0.4) is 0 Å². The van der Waals surface area contributed by atoms with Crippen molar-refractivity contribution in [2.24, 2.45) is 0 Å². The van der Waals surface area contributed by atoms with Crippen LogP contribution in [0.2, 0.25) is 0 Å². The van der Waals surface area contributed by atoms with Crippen molar-refractivity contribution < 1.29 is 27.8 Å². The van der Waals surface area contributed by atoms with Crippen LogP contribution in [-0.4, -0.2) is 19.3 Å². The van der Waals surface area contributed by atoms with Crippen LogP contribution in [0, 0.1) is 0 Å². The van der Waals surface area contributed by atoms with Gasteiger partial charge in [-0.2, -0.15) is 8.78 Å². The third-order valence-electron chi connectivity index (χ3n) is 3.32. The number of amides is 1. The molecule has 0 unspecified atom stereocenters. The van der Waals surface area contributed by atoms with Gasteiger partial charge >= 0.3 is 6.61 Å². The van der Waals surface area contributed by atoms with Crippen molar-refractivity contribution in [2.45, 2.75) is 13.2 Å². The number of hydrogen-bond acceptors (Lipinski definition) is 4. The number of carbonyl (C=O) groups is 1. The van der Waals surface area contributed by atoms with Gasteiger partial charge in [0.25, 0.3) is 5.91 Å². The van der Waals surface area contributed by atoms with Gasteiger partial charge in [-0.3, -0.25) is 4.79 Å². The number of rotatable bonds is 5. The number of alkyl halides is 2. The average Bonchev–Trinajstić information content (AvgIpc) is 3.02. The molecule has 0 atom stereocenters. The van der Waals surface area contributed by atoms with E-state index in [0.29, 0.717) is 27.1 Å². The Morgan fingerprint density at radius 2 is 2.12 bits per heavy atom. The molecule has 1 amide bonds. The summed E-state index contributed by atoms with van der Waals surface area (Å²) < 4.78 is 40.6. The molecule has 24 heavy (non-hydrogen) atoms. The normalized spacial score (nSPS) is 12.3. The van der Waals surface area contributed by atoms with Gasteiger partial charge in [0.05, 0.1) is 5.56 Å². The zero-order valence-electron chi connectivity index (χ0n) is 12.2. The molecule has 0 radical (unpaired) electrons. The van der Waals surface area contributed by atoms with Gasteiger partial charge in [0.2, 0.25) is 6.79 Å². The summed E-state index contributed by atoms with van der Waals surface area (Å²) in [6.45, 7) is -2.87. The zero-order valence-corrected chi connectivity index (χ0v) is 13.8. The maximum absolute atomic E-state index is 12.5. The summed E-state index contributed by atoms with van der Waals surface area (Å²) in [6, 6.07) is 9.56. The number of ether oxygens (including phenoxy) is 3. The van der Waals surface area contributed by atoms with Crippen molar-refractivity contribution in [3.8, 4) is 17.2 Å². The number of hydrogen-bond donors (Lipinski definition) is 1. The van der Waals surface area contributed by atoms with Crippen molar-refractivity contribution in [1.82, 2.24) is 5.32 Å². The number of para-hydroxylation sites is 1. The summed E-state index contributed by atoms with van der Waals surface area (Å²) in [6.07, 6.45) is 0. The van der Waals surface area contributed by atoms with Crippen molar-refractivity contribution in [3.05, 3.63) is 52.0 Å². The minimum atomic E-state index is -2.94. The highest BCUT2D eigenvalue weighted by Crippen LogP contribution is 2.35. The summed E-state index contributed by atoms with van der Waals surface area (Å²) in [5.74, 6) is 0.465. The van der Waals surface area contributed by atoms with Gasteiger partial charge < -0.3 is 19.5 Å². The van der Waals surface area contributed by atoms with E-state index in [2.05, 4.69) is 26.0 Å². The predicted octanol–water partition coefficient (Wildman–Crippen LogP) is 3.71. The molecule has 0 fully saturated rings. The Hall–Kier alpha value is -2.35. The fourth-order valence-corrected chi connectivity index (χ4v) is 2.69. The van der Waals surface area contributed by atoms with Crippen molar-refractivity contribution in [3.63, 3.8) is 0 Å². The van der Waals surface area contributed by atoms with Gasteiger partial charge in [-0.25, -0.2) is 0 Å². The third-order valence-corrected chi connectivity index (χ3v) is 3.81. The summed E-state index contributed by atoms with van der Waals surface area (Å²) in [5.41, 5.74) is 0.735. The van der Waals surface area contributed by atoms with Gasteiger partial charge in [0.15, 0.2) is 11.5 Å². The van der Waals surface area contributed by atoms with Gasteiger partial charge in [-0.15, -0.1) is 0 Å². The maximum Gasteiger partial charge on any atom is 0.387 e. The van der Waals surface area contributed by atoms with E-state index in [-0.39, 0.29) is 19.1 Å². The molecule has 1 heterocycles. The molecule has 3 rings (SSSR count). The highest BCUT2D eigenvalue weighted by atomic mass is 79.9. The third kappa shape index (κ3) is 3.59. The molecule has 126 valence electrons. The SMILES string of the molecule is O=C(NCc1cc(Br)ccc1OC(F)F)c1cccc2c1OCO2. The Balaban J connectivity index is 1.75. The molecular formula is C16H12BrF2NO4.